The van der Waals surface area contributed by atoms with E-state index in [0.29, 0.717) is 16.7 Å². The summed E-state index contributed by atoms with van der Waals surface area (Å²) in [6.07, 6.45) is 0.165. The highest BCUT2D eigenvalue weighted by Crippen LogP contribution is 2.30. The Kier molecular flexibility index (Phi) is 4.08. The summed E-state index contributed by atoms with van der Waals surface area (Å²) in [5.41, 5.74) is 0.355. The average Bonchev–Trinajstić information content (AvgIpc) is 2.44. The van der Waals surface area contributed by atoms with Gasteiger partial charge in [-0.3, -0.25) is 0 Å². The molecule has 0 radical (unpaired) electrons. The Balaban J connectivity index is 2.35. The van der Waals surface area contributed by atoms with Crippen LogP contribution in [0.15, 0.2) is 42.5 Å². The maximum atomic E-state index is 13.4. The Morgan fingerprint density at radius 2 is 2.00 bits per heavy atom. The van der Waals surface area contributed by atoms with Crippen molar-refractivity contribution in [1.29, 1.82) is 5.26 Å². The number of benzene rings is 2. The van der Waals surface area contributed by atoms with Crippen LogP contribution in [0.25, 0.3) is 0 Å². The van der Waals surface area contributed by atoms with Crippen molar-refractivity contribution in [3.8, 4) is 6.07 Å². The third kappa shape index (κ3) is 2.98. The second-order valence-electron chi connectivity index (χ2n) is 4.86. The first-order valence-electron chi connectivity index (χ1n) is 6.10. The van der Waals surface area contributed by atoms with Crippen molar-refractivity contribution in [2.45, 2.75) is 18.9 Å². The minimum atomic E-state index is -1.23. The molecule has 0 aliphatic carbocycles. The molecule has 1 atom stereocenters. The molecule has 0 saturated heterocycles. The predicted octanol–water partition coefficient (Wildman–Crippen LogP) is 3.80. The van der Waals surface area contributed by atoms with Gasteiger partial charge in [0.1, 0.15) is 5.82 Å². The van der Waals surface area contributed by atoms with E-state index in [1.54, 1.807) is 43.3 Å². The zero-order valence-corrected chi connectivity index (χ0v) is 11.7. The molecule has 2 aromatic carbocycles. The molecule has 2 rings (SSSR count). The van der Waals surface area contributed by atoms with Crippen LogP contribution in [-0.2, 0) is 12.0 Å². The number of hydrogen-bond acceptors (Lipinski definition) is 2. The molecule has 0 saturated carbocycles. The van der Waals surface area contributed by atoms with Gasteiger partial charge in [-0.25, -0.2) is 4.39 Å². The number of hydrogen-bond donors (Lipinski definition) is 1. The molecule has 102 valence electrons. The SMILES string of the molecule is CC(O)(Cc1cccc(F)c1Cl)c1cccc(C#N)c1. The Hall–Kier alpha value is -1.89. The van der Waals surface area contributed by atoms with Gasteiger partial charge in [-0.05, 0) is 36.2 Å². The van der Waals surface area contributed by atoms with Crippen molar-refractivity contribution in [1.82, 2.24) is 0 Å². The van der Waals surface area contributed by atoms with E-state index in [2.05, 4.69) is 0 Å². The first-order chi connectivity index (χ1) is 9.44. The molecule has 0 aromatic heterocycles. The molecule has 4 heteroatoms. The average molecular weight is 290 g/mol. The van der Waals surface area contributed by atoms with Crippen molar-refractivity contribution in [3.05, 3.63) is 70.0 Å². The summed E-state index contributed by atoms with van der Waals surface area (Å²) in [7, 11) is 0. The Morgan fingerprint density at radius 3 is 2.70 bits per heavy atom. The summed E-state index contributed by atoms with van der Waals surface area (Å²) >= 11 is 5.91. The molecule has 20 heavy (non-hydrogen) atoms. The van der Waals surface area contributed by atoms with Crippen LogP contribution in [0.1, 0.15) is 23.6 Å². The second-order valence-corrected chi connectivity index (χ2v) is 5.23. The van der Waals surface area contributed by atoms with Crippen LogP contribution in [0.3, 0.4) is 0 Å². The van der Waals surface area contributed by atoms with E-state index in [4.69, 9.17) is 16.9 Å². The topological polar surface area (TPSA) is 44.0 Å². The van der Waals surface area contributed by atoms with E-state index in [9.17, 15) is 9.50 Å². The zero-order valence-electron chi connectivity index (χ0n) is 10.9. The lowest BCUT2D eigenvalue weighted by molar-refractivity contribution is 0.0575. The van der Waals surface area contributed by atoms with Crippen molar-refractivity contribution in [2.24, 2.45) is 0 Å². The Morgan fingerprint density at radius 1 is 1.30 bits per heavy atom. The Bertz CT molecular complexity index is 676. The first-order valence-corrected chi connectivity index (χ1v) is 6.48. The lowest BCUT2D eigenvalue weighted by atomic mass is 9.88. The van der Waals surface area contributed by atoms with Gasteiger partial charge < -0.3 is 5.11 Å². The first kappa shape index (κ1) is 14.5. The third-order valence-electron chi connectivity index (χ3n) is 3.18. The van der Waals surface area contributed by atoms with Crippen LogP contribution in [-0.4, -0.2) is 5.11 Å². The molecular formula is C16H13ClFNO. The van der Waals surface area contributed by atoms with E-state index >= 15 is 0 Å². The monoisotopic (exact) mass is 289 g/mol. The van der Waals surface area contributed by atoms with Crippen LogP contribution in [0.5, 0.6) is 0 Å². The van der Waals surface area contributed by atoms with Gasteiger partial charge in [-0.1, -0.05) is 35.9 Å². The molecule has 2 aromatic rings. The van der Waals surface area contributed by atoms with Crippen molar-refractivity contribution in [2.75, 3.05) is 0 Å². The predicted molar refractivity (Wildman–Crippen MR) is 75.8 cm³/mol. The summed E-state index contributed by atoms with van der Waals surface area (Å²) < 4.78 is 13.4. The standard InChI is InChI=1S/C16H13ClFNO/c1-16(20,13-6-2-4-11(8-13)10-19)9-12-5-3-7-14(18)15(12)17/h2-8,20H,9H2,1H3. The van der Waals surface area contributed by atoms with E-state index in [1.165, 1.54) is 6.07 Å². The normalized spacial score (nSPS) is 13.6. The largest absolute Gasteiger partial charge is 0.385 e. The maximum absolute atomic E-state index is 13.4. The molecule has 1 N–H and O–H groups in total. The molecule has 0 fully saturated rings. The van der Waals surface area contributed by atoms with E-state index in [0.717, 1.165) is 0 Å². The zero-order chi connectivity index (χ0) is 14.8. The van der Waals surface area contributed by atoms with Gasteiger partial charge in [-0.15, -0.1) is 0 Å². The van der Waals surface area contributed by atoms with Crippen molar-refractivity contribution in [3.63, 3.8) is 0 Å². The number of halogens is 2. The van der Waals surface area contributed by atoms with E-state index in [1.807, 2.05) is 6.07 Å². The van der Waals surface area contributed by atoms with Crippen molar-refractivity contribution < 1.29 is 9.50 Å². The van der Waals surface area contributed by atoms with Crippen LogP contribution in [0.4, 0.5) is 4.39 Å². The fraction of sp³-hybridized carbons (Fsp3) is 0.188. The summed E-state index contributed by atoms with van der Waals surface area (Å²) in [6, 6.07) is 13.2. The number of rotatable bonds is 3. The molecular weight excluding hydrogens is 277 g/mol. The maximum Gasteiger partial charge on any atom is 0.142 e. The highest BCUT2D eigenvalue weighted by molar-refractivity contribution is 6.31. The quantitative estimate of drug-likeness (QED) is 0.934. The minimum absolute atomic E-state index is 0.0178. The molecule has 2 nitrogen and oxygen atoms in total. The number of aliphatic hydroxyl groups is 1. The fourth-order valence-electron chi connectivity index (χ4n) is 2.08. The van der Waals surface area contributed by atoms with Gasteiger partial charge in [0.05, 0.1) is 22.3 Å². The van der Waals surface area contributed by atoms with Gasteiger partial charge >= 0.3 is 0 Å². The smallest absolute Gasteiger partial charge is 0.142 e. The van der Waals surface area contributed by atoms with Gasteiger partial charge in [0, 0.05) is 6.42 Å². The van der Waals surface area contributed by atoms with E-state index < -0.39 is 11.4 Å². The van der Waals surface area contributed by atoms with E-state index in [-0.39, 0.29) is 11.4 Å². The Labute approximate surface area is 122 Å². The summed E-state index contributed by atoms with van der Waals surface area (Å²) in [6.45, 7) is 1.62. The molecule has 1 unspecified atom stereocenters. The molecule has 0 spiro atoms. The van der Waals surface area contributed by atoms with Gasteiger partial charge in [-0.2, -0.15) is 5.26 Å². The molecule has 0 heterocycles. The third-order valence-corrected chi connectivity index (χ3v) is 3.60. The molecule has 0 amide bonds. The van der Waals surface area contributed by atoms with Gasteiger partial charge in [0.2, 0.25) is 0 Å². The lowest BCUT2D eigenvalue weighted by Crippen LogP contribution is -2.24. The highest BCUT2D eigenvalue weighted by Gasteiger charge is 2.25. The van der Waals surface area contributed by atoms with Crippen LogP contribution in [0.2, 0.25) is 5.02 Å². The number of nitriles is 1. The summed E-state index contributed by atoms with van der Waals surface area (Å²) in [4.78, 5) is 0. The minimum Gasteiger partial charge on any atom is -0.385 e. The molecule has 0 bridgehead atoms. The van der Waals surface area contributed by atoms with Crippen LogP contribution < -0.4 is 0 Å². The molecule has 0 aliphatic heterocycles. The van der Waals surface area contributed by atoms with Gasteiger partial charge in [0.25, 0.3) is 0 Å². The summed E-state index contributed by atoms with van der Waals surface area (Å²) in [5, 5.41) is 19.5. The van der Waals surface area contributed by atoms with Crippen molar-refractivity contribution >= 4 is 11.6 Å². The summed E-state index contributed by atoms with van der Waals surface area (Å²) in [5.74, 6) is -0.509. The highest BCUT2D eigenvalue weighted by atomic mass is 35.5. The second kappa shape index (κ2) is 5.62. The van der Waals surface area contributed by atoms with Crippen LogP contribution in [0, 0.1) is 17.1 Å². The molecule has 0 aliphatic rings. The number of nitrogens with zero attached hydrogens (tertiary/aromatic N) is 1. The van der Waals surface area contributed by atoms with Crippen LogP contribution >= 0.6 is 11.6 Å². The lowest BCUT2D eigenvalue weighted by Gasteiger charge is -2.24. The fourth-order valence-corrected chi connectivity index (χ4v) is 2.27. The van der Waals surface area contributed by atoms with Gasteiger partial charge in [0.15, 0.2) is 0 Å².